The van der Waals surface area contributed by atoms with Crippen molar-refractivity contribution in [2.45, 2.75) is 13.0 Å². The normalized spacial score (nSPS) is 15.3. The summed E-state index contributed by atoms with van der Waals surface area (Å²) in [5, 5.41) is 14.0. The monoisotopic (exact) mass is 429 g/mol. The molecule has 11 heteroatoms. The fraction of sp³-hybridized carbons (Fsp3) is 0.450. The molecule has 31 heavy (non-hydrogen) atoms. The summed E-state index contributed by atoms with van der Waals surface area (Å²) in [5.74, 6) is 1.56. The summed E-state index contributed by atoms with van der Waals surface area (Å²) in [4.78, 5) is 38.4. The molecular weight excluding hydrogens is 402 g/mol. The minimum atomic E-state index is -0.536. The average molecular weight is 429 g/mol. The van der Waals surface area contributed by atoms with Gasteiger partial charge < -0.3 is 19.9 Å². The summed E-state index contributed by atoms with van der Waals surface area (Å²) in [6, 6.07) is 5.79. The maximum Gasteiger partial charge on any atom is 0.296 e. The van der Waals surface area contributed by atoms with Gasteiger partial charge in [0.15, 0.2) is 0 Å². The largest absolute Gasteiger partial charge is 0.496 e. The smallest absolute Gasteiger partial charge is 0.296 e. The van der Waals surface area contributed by atoms with Crippen molar-refractivity contribution in [3.63, 3.8) is 0 Å². The van der Waals surface area contributed by atoms with Gasteiger partial charge in [0.1, 0.15) is 17.3 Å². The van der Waals surface area contributed by atoms with E-state index in [1.807, 2.05) is 25.1 Å². The molecular formula is C20H27N7O4. The number of nitrogens with one attached hydrogen (secondary N) is 1. The summed E-state index contributed by atoms with van der Waals surface area (Å²) < 4.78 is 5.03. The van der Waals surface area contributed by atoms with Crippen molar-refractivity contribution in [2.75, 3.05) is 62.5 Å². The molecule has 0 radical (unpaired) electrons. The predicted octanol–water partition coefficient (Wildman–Crippen LogP) is 1.61. The molecule has 1 saturated heterocycles. The van der Waals surface area contributed by atoms with E-state index in [1.54, 1.807) is 19.2 Å². The summed E-state index contributed by atoms with van der Waals surface area (Å²) in [5.41, 5.74) is -0.0522. The van der Waals surface area contributed by atoms with Gasteiger partial charge in [0.25, 0.3) is 5.69 Å². The number of hydrogen-bond acceptors (Lipinski definition) is 9. The zero-order valence-electron chi connectivity index (χ0n) is 18.1. The Hall–Kier alpha value is -3.47. The van der Waals surface area contributed by atoms with Crippen LogP contribution < -0.4 is 19.9 Å². The maximum atomic E-state index is 12.8. The molecule has 0 aliphatic carbocycles. The molecule has 3 rings (SSSR count). The lowest BCUT2D eigenvalue weighted by molar-refractivity contribution is -0.384. The Morgan fingerprint density at radius 1 is 1.26 bits per heavy atom. The van der Waals surface area contributed by atoms with Crippen LogP contribution in [0, 0.1) is 10.1 Å². The summed E-state index contributed by atoms with van der Waals surface area (Å²) in [6.07, 6.45) is 1.74. The van der Waals surface area contributed by atoms with Crippen LogP contribution in [0.1, 0.15) is 6.92 Å². The second kappa shape index (κ2) is 9.56. The first-order valence-corrected chi connectivity index (χ1v) is 9.93. The lowest BCUT2D eigenvalue weighted by Gasteiger charge is -2.38. The Morgan fingerprint density at radius 2 is 1.97 bits per heavy atom. The third-order valence-corrected chi connectivity index (χ3v) is 5.25. The van der Waals surface area contributed by atoms with Crippen molar-refractivity contribution in [3.8, 4) is 5.75 Å². The first-order valence-electron chi connectivity index (χ1n) is 9.93. The molecule has 2 aromatic rings. The van der Waals surface area contributed by atoms with Crippen LogP contribution in [0.2, 0.25) is 0 Å². The number of carbonyl (C=O) groups is 1. The van der Waals surface area contributed by atoms with E-state index in [2.05, 4.69) is 25.1 Å². The summed E-state index contributed by atoms with van der Waals surface area (Å²) in [7, 11) is 5.22. The van der Waals surface area contributed by atoms with E-state index in [4.69, 9.17) is 4.74 Å². The molecule has 1 atom stereocenters. The molecule has 0 saturated carbocycles. The van der Waals surface area contributed by atoms with Gasteiger partial charge in [0.2, 0.25) is 11.9 Å². The van der Waals surface area contributed by atoms with Crippen molar-refractivity contribution in [1.29, 1.82) is 0 Å². The molecule has 2 heterocycles. The number of aromatic nitrogens is 2. The van der Waals surface area contributed by atoms with Crippen molar-refractivity contribution in [2.24, 2.45) is 0 Å². The fourth-order valence-corrected chi connectivity index (χ4v) is 3.37. The van der Waals surface area contributed by atoms with Gasteiger partial charge in [-0.05, 0) is 25.1 Å². The number of nitrogens with zero attached hydrogens (tertiary/aromatic N) is 6. The van der Waals surface area contributed by atoms with Crippen molar-refractivity contribution in [3.05, 3.63) is 40.6 Å². The lowest BCUT2D eigenvalue weighted by atomic mass is 10.2. The quantitative estimate of drug-likeness (QED) is 0.517. The fourth-order valence-electron chi connectivity index (χ4n) is 3.37. The number of benzene rings is 1. The topological polar surface area (TPSA) is 117 Å². The first kappa shape index (κ1) is 22.2. The van der Waals surface area contributed by atoms with Gasteiger partial charge in [0.05, 0.1) is 24.1 Å². The number of piperazine rings is 1. The van der Waals surface area contributed by atoms with Gasteiger partial charge in [-0.2, -0.15) is 4.98 Å². The Balaban J connectivity index is 1.62. The number of hydrogen-bond donors (Lipinski definition) is 1. The number of rotatable bonds is 7. The van der Waals surface area contributed by atoms with Crippen molar-refractivity contribution < 1.29 is 14.5 Å². The van der Waals surface area contributed by atoms with Gasteiger partial charge in [0, 0.05) is 46.5 Å². The van der Waals surface area contributed by atoms with Crippen LogP contribution >= 0.6 is 0 Å². The van der Waals surface area contributed by atoms with Crippen LogP contribution in [-0.2, 0) is 4.79 Å². The maximum absolute atomic E-state index is 12.8. The van der Waals surface area contributed by atoms with Crippen LogP contribution in [0.4, 0.5) is 23.1 Å². The van der Waals surface area contributed by atoms with Crippen molar-refractivity contribution >= 4 is 29.0 Å². The number of amides is 1. The van der Waals surface area contributed by atoms with Gasteiger partial charge >= 0.3 is 0 Å². The van der Waals surface area contributed by atoms with Gasteiger partial charge in [-0.3, -0.25) is 19.8 Å². The van der Waals surface area contributed by atoms with E-state index in [0.29, 0.717) is 37.9 Å². The summed E-state index contributed by atoms with van der Waals surface area (Å²) in [6.45, 7) is 4.56. The Labute approximate surface area is 180 Å². The minimum Gasteiger partial charge on any atom is -0.496 e. The first-order chi connectivity index (χ1) is 14.8. The van der Waals surface area contributed by atoms with Crippen LogP contribution in [0.25, 0.3) is 0 Å². The molecule has 11 nitrogen and oxygen atoms in total. The SMILES string of the molecule is COc1ccc(NC(=O)[C@H](C)N2CCN(c3ccnc(N(C)C)n3)CC2)c([N+](=O)[O-])c1. The molecule has 0 spiro atoms. The minimum absolute atomic E-state index is 0.151. The molecule has 1 fully saturated rings. The highest BCUT2D eigenvalue weighted by Crippen LogP contribution is 2.29. The molecule has 1 aromatic heterocycles. The van der Waals surface area contributed by atoms with Crippen LogP contribution in [0.15, 0.2) is 30.5 Å². The molecule has 1 aliphatic heterocycles. The predicted molar refractivity (Wildman–Crippen MR) is 118 cm³/mol. The van der Waals surface area contributed by atoms with E-state index in [-0.39, 0.29) is 17.3 Å². The second-order valence-electron chi connectivity index (χ2n) is 7.44. The second-order valence-corrected chi connectivity index (χ2v) is 7.44. The van der Waals surface area contributed by atoms with Gasteiger partial charge in [-0.25, -0.2) is 4.98 Å². The van der Waals surface area contributed by atoms with Crippen LogP contribution in [0.5, 0.6) is 5.75 Å². The van der Waals surface area contributed by atoms with Crippen LogP contribution in [0.3, 0.4) is 0 Å². The molecule has 1 aliphatic rings. The number of carbonyl (C=O) groups excluding carboxylic acids is 1. The lowest BCUT2D eigenvalue weighted by Crippen LogP contribution is -2.53. The van der Waals surface area contributed by atoms with Gasteiger partial charge in [-0.1, -0.05) is 0 Å². The molecule has 0 bridgehead atoms. The Bertz CT molecular complexity index is 945. The highest BCUT2D eigenvalue weighted by atomic mass is 16.6. The highest BCUT2D eigenvalue weighted by Gasteiger charge is 2.28. The number of methoxy groups -OCH3 is 1. The van der Waals surface area contributed by atoms with Crippen molar-refractivity contribution in [1.82, 2.24) is 14.9 Å². The molecule has 1 N–H and O–H groups in total. The Morgan fingerprint density at radius 3 is 2.58 bits per heavy atom. The van der Waals surface area contributed by atoms with Crippen LogP contribution in [-0.4, -0.2) is 79.1 Å². The number of ether oxygens (including phenoxy) is 1. The van der Waals surface area contributed by atoms with Gasteiger partial charge in [-0.15, -0.1) is 0 Å². The average Bonchev–Trinajstić information content (AvgIpc) is 2.78. The highest BCUT2D eigenvalue weighted by molar-refractivity contribution is 5.96. The number of anilines is 3. The molecule has 166 valence electrons. The third-order valence-electron chi connectivity index (χ3n) is 5.25. The zero-order chi connectivity index (χ0) is 22.5. The number of nitro benzene ring substituents is 1. The molecule has 1 amide bonds. The zero-order valence-corrected chi connectivity index (χ0v) is 18.1. The molecule has 1 aromatic carbocycles. The van der Waals surface area contributed by atoms with E-state index in [0.717, 1.165) is 5.82 Å². The third kappa shape index (κ3) is 5.18. The molecule has 0 unspecified atom stereocenters. The van der Waals surface area contributed by atoms with E-state index in [1.165, 1.54) is 19.2 Å². The van der Waals surface area contributed by atoms with E-state index in [9.17, 15) is 14.9 Å². The standard InChI is InChI=1S/C20H27N7O4/c1-14(19(28)22-16-6-5-15(31-4)13-17(16)27(29)30)25-9-11-26(12-10-25)18-7-8-21-20(23-18)24(2)3/h5-8,13-14H,9-12H2,1-4H3,(H,22,28)/t14-/m0/s1. The van der Waals surface area contributed by atoms with E-state index >= 15 is 0 Å². The van der Waals surface area contributed by atoms with E-state index < -0.39 is 11.0 Å². The Kier molecular flexibility index (Phi) is 6.85. The summed E-state index contributed by atoms with van der Waals surface area (Å²) >= 11 is 0. The number of nitro groups is 1.